The summed E-state index contributed by atoms with van der Waals surface area (Å²) >= 11 is 1.63. The Hall–Kier alpha value is -2.08. The van der Waals surface area contributed by atoms with E-state index < -0.39 is 6.10 Å². The van der Waals surface area contributed by atoms with Crippen LogP contribution in [0.2, 0.25) is 0 Å². The highest BCUT2D eigenvalue weighted by atomic mass is 32.1. The number of fused-ring (bicyclic) bond motifs is 1. The highest BCUT2D eigenvalue weighted by Crippen LogP contribution is 2.30. The van der Waals surface area contributed by atoms with Gasteiger partial charge in [0.25, 0.3) is 5.91 Å². The van der Waals surface area contributed by atoms with E-state index in [1.807, 2.05) is 23.6 Å². The maximum atomic E-state index is 12.2. The van der Waals surface area contributed by atoms with Crippen molar-refractivity contribution in [2.24, 2.45) is 0 Å². The fourth-order valence-electron chi connectivity index (χ4n) is 2.20. The number of thiazole rings is 1. The van der Waals surface area contributed by atoms with Gasteiger partial charge < -0.3 is 14.8 Å². The zero-order valence-electron chi connectivity index (χ0n) is 12.4. The zero-order valence-corrected chi connectivity index (χ0v) is 13.2. The van der Waals surface area contributed by atoms with Gasteiger partial charge >= 0.3 is 0 Å². The number of carbonyl (C=O) groups is 1. The van der Waals surface area contributed by atoms with Crippen LogP contribution in [0.15, 0.2) is 29.6 Å². The van der Waals surface area contributed by atoms with Crippen LogP contribution in [-0.4, -0.2) is 23.6 Å². The van der Waals surface area contributed by atoms with E-state index in [1.165, 1.54) is 0 Å². The molecule has 1 aromatic heterocycles. The average molecular weight is 318 g/mol. The van der Waals surface area contributed by atoms with Crippen LogP contribution >= 0.6 is 11.3 Å². The molecule has 1 amide bonds. The van der Waals surface area contributed by atoms with Crippen molar-refractivity contribution in [3.63, 3.8) is 0 Å². The minimum atomic E-state index is -0.622. The van der Waals surface area contributed by atoms with E-state index in [0.29, 0.717) is 18.0 Å². The first kappa shape index (κ1) is 14.8. The van der Waals surface area contributed by atoms with E-state index >= 15 is 0 Å². The number of ether oxygens (including phenoxy) is 2. The number of benzene rings is 1. The smallest absolute Gasteiger partial charge is 0.265 e. The first-order valence-corrected chi connectivity index (χ1v) is 8.23. The molecule has 0 fully saturated rings. The van der Waals surface area contributed by atoms with Crippen molar-refractivity contribution >= 4 is 17.2 Å². The van der Waals surface area contributed by atoms with Crippen molar-refractivity contribution in [3.8, 4) is 11.5 Å². The highest BCUT2D eigenvalue weighted by molar-refractivity contribution is 7.09. The Morgan fingerprint density at radius 3 is 3.05 bits per heavy atom. The summed E-state index contributed by atoms with van der Waals surface area (Å²) in [6.45, 7) is 2.77. The summed E-state index contributed by atoms with van der Waals surface area (Å²) in [6, 6.07) is 7.35. The molecule has 0 spiro atoms. The van der Waals surface area contributed by atoms with Crippen molar-refractivity contribution in [2.75, 3.05) is 6.61 Å². The number of aromatic nitrogens is 1. The van der Waals surface area contributed by atoms with Gasteiger partial charge in [-0.25, -0.2) is 4.98 Å². The van der Waals surface area contributed by atoms with Crippen molar-refractivity contribution < 1.29 is 14.3 Å². The van der Waals surface area contributed by atoms with E-state index in [9.17, 15) is 4.79 Å². The normalized spacial score (nSPS) is 16.3. The third kappa shape index (κ3) is 3.39. The molecule has 0 radical (unpaired) electrons. The third-order valence-electron chi connectivity index (χ3n) is 3.31. The van der Waals surface area contributed by atoms with Gasteiger partial charge in [0.1, 0.15) is 6.61 Å². The molecular weight excluding hydrogens is 300 g/mol. The van der Waals surface area contributed by atoms with Crippen LogP contribution in [-0.2, 0) is 17.8 Å². The van der Waals surface area contributed by atoms with Crippen LogP contribution in [0.1, 0.15) is 24.0 Å². The summed E-state index contributed by atoms with van der Waals surface area (Å²) in [7, 11) is 0. The number of aryl methyl sites for hydroxylation is 1. The Bertz CT molecular complexity index is 656. The standard InChI is InChI=1S/C16H18N2O3S/c1-2-5-15-18-11(10-22-15)8-17-16(19)14-9-20-12-6-3-4-7-13(12)21-14/h3-4,6-7,10,14H,2,5,8-9H2,1H3,(H,17,19)/t14-/m0/s1. The van der Waals surface area contributed by atoms with Crippen molar-refractivity contribution in [1.29, 1.82) is 0 Å². The summed E-state index contributed by atoms with van der Waals surface area (Å²) in [4.78, 5) is 16.7. The molecule has 1 N–H and O–H groups in total. The fourth-order valence-corrected chi connectivity index (χ4v) is 3.10. The van der Waals surface area contributed by atoms with E-state index in [-0.39, 0.29) is 12.5 Å². The van der Waals surface area contributed by atoms with Crippen LogP contribution in [0.4, 0.5) is 0 Å². The minimum Gasteiger partial charge on any atom is -0.485 e. The predicted molar refractivity (Wildman–Crippen MR) is 84.3 cm³/mol. The molecule has 116 valence electrons. The third-order valence-corrected chi connectivity index (χ3v) is 4.27. The minimum absolute atomic E-state index is 0.181. The van der Waals surface area contributed by atoms with Crippen molar-refractivity contribution in [2.45, 2.75) is 32.4 Å². The second kappa shape index (κ2) is 6.79. The summed E-state index contributed by atoms with van der Waals surface area (Å²) in [5.41, 5.74) is 0.888. The summed E-state index contributed by atoms with van der Waals surface area (Å²) < 4.78 is 11.2. The number of amides is 1. The van der Waals surface area contributed by atoms with Gasteiger partial charge in [-0.05, 0) is 25.0 Å². The number of hydrogen-bond donors (Lipinski definition) is 1. The molecule has 0 saturated heterocycles. The van der Waals surface area contributed by atoms with Gasteiger partial charge in [0.15, 0.2) is 11.5 Å². The number of carbonyl (C=O) groups excluding carboxylic acids is 1. The van der Waals surface area contributed by atoms with Gasteiger partial charge in [-0.2, -0.15) is 0 Å². The quantitative estimate of drug-likeness (QED) is 0.920. The van der Waals surface area contributed by atoms with Gasteiger partial charge in [0, 0.05) is 5.38 Å². The SMILES string of the molecule is CCCc1nc(CNC(=O)[C@@H]2COc3ccccc3O2)cs1. The summed E-state index contributed by atoms with van der Waals surface area (Å²) in [5, 5.41) is 5.95. The lowest BCUT2D eigenvalue weighted by Gasteiger charge is -2.25. The number of hydrogen-bond acceptors (Lipinski definition) is 5. The molecule has 1 aromatic carbocycles. The molecular formula is C16H18N2O3S. The van der Waals surface area contributed by atoms with E-state index in [1.54, 1.807) is 17.4 Å². The molecule has 2 heterocycles. The van der Waals surface area contributed by atoms with Gasteiger partial charge in [0.2, 0.25) is 6.10 Å². The van der Waals surface area contributed by atoms with E-state index in [2.05, 4.69) is 17.2 Å². The Balaban J connectivity index is 1.54. The van der Waals surface area contributed by atoms with Gasteiger partial charge in [-0.3, -0.25) is 4.79 Å². The number of nitrogens with one attached hydrogen (secondary N) is 1. The predicted octanol–water partition coefficient (Wildman–Crippen LogP) is 2.55. The molecule has 3 rings (SSSR count). The molecule has 6 heteroatoms. The second-order valence-corrected chi connectivity index (χ2v) is 6.01. The second-order valence-electron chi connectivity index (χ2n) is 5.06. The van der Waals surface area contributed by atoms with E-state index in [0.717, 1.165) is 23.5 Å². The van der Waals surface area contributed by atoms with E-state index in [4.69, 9.17) is 9.47 Å². The molecule has 0 aliphatic carbocycles. The summed E-state index contributed by atoms with van der Waals surface area (Å²) in [5.74, 6) is 1.10. The number of rotatable bonds is 5. The molecule has 0 unspecified atom stereocenters. The number of nitrogens with zero attached hydrogens (tertiary/aromatic N) is 1. The van der Waals surface area contributed by atoms with Crippen LogP contribution in [0.3, 0.4) is 0 Å². The lowest BCUT2D eigenvalue weighted by Crippen LogP contribution is -2.43. The lowest BCUT2D eigenvalue weighted by molar-refractivity contribution is -0.130. The Labute approximate surface area is 133 Å². The molecule has 2 aromatic rings. The molecule has 1 aliphatic heterocycles. The molecule has 22 heavy (non-hydrogen) atoms. The monoisotopic (exact) mass is 318 g/mol. The molecule has 0 saturated carbocycles. The van der Waals surface area contributed by atoms with Crippen molar-refractivity contribution in [1.82, 2.24) is 10.3 Å². The summed E-state index contributed by atoms with van der Waals surface area (Å²) in [6.07, 6.45) is 1.43. The Morgan fingerprint density at radius 2 is 2.23 bits per heavy atom. The lowest BCUT2D eigenvalue weighted by atomic mass is 10.2. The van der Waals surface area contributed by atoms with Gasteiger partial charge in [-0.1, -0.05) is 19.1 Å². The molecule has 1 aliphatic rings. The Morgan fingerprint density at radius 1 is 1.41 bits per heavy atom. The van der Waals surface area contributed by atoms with Crippen LogP contribution in [0.5, 0.6) is 11.5 Å². The largest absolute Gasteiger partial charge is 0.485 e. The molecule has 5 nitrogen and oxygen atoms in total. The maximum absolute atomic E-state index is 12.2. The zero-order chi connectivity index (χ0) is 15.4. The topological polar surface area (TPSA) is 60.5 Å². The number of para-hydroxylation sites is 2. The maximum Gasteiger partial charge on any atom is 0.265 e. The van der Waals surface area contributed by atoms with Gasteiger partial charge in [-0.15, -0.1) is 11.3 Å². The first-order chi connectivity index (χ1) is 10.8. The van der Waals surface area contributed by atoms with Crippen LogP contribution in [0.25, 0.3) is 0 Å². The highest BCUT2D eigenvalue weighted by Gasteiger charge is 2.27. The Kier molecular flexibility index (Phi) is 4.58. The molecule has 0 bridgehead atoms. The van der Waals surface area contributed by atoms with Crippen LogP contribution in [0, 0.1) is 0 Å². The van der Waals surface area contributed by atoms with Gasteiger partial charge in [0.05, 0.1) is 17.2 Å². The van der Waals surface area contributed by atoms with Crippen molar-refractivity contribution in [3.05, 3.63) is 40.3 Å². The first-order valence-electron chi connectivity index (χ1n) is 7.35. The average Bonchev–Trinajstić information content (AvgIpc) is 3.00. The van der Waals surface area contributed by atoms with Crippen LogP contribution < -0.4 is 14.8 Å². The fraction of sp³-hybridized carbons (Fsp3) is 0.375. The molecule has 1 atom stereocenters.